The number of tetrazole rings is 1. The molecule has 1 atom stereocenters. The molecule has 0 aliphatic carbocycles. The average molecular weight is 436 g/mol. The Kier molecular flexibility index (Phi) is 5.57. The maximum atomic E-state index is 14.9. The number of carbonyl (C=O) groups excluding carboxylic acids is 2. The molecule has 2 fully saturated rings. The molecular weight excluding hydrogens is 414 g/mol. The highest BCUT2D eigenvalue weighted by atomic mass is 19.1. The molecule has 0 saturated carbocycles. The Morgan fingerprint density at radius 1 is 1.29 bits per heavy atom. The lowest BCUT2D eigenvalue weighted by atomic mass is 10.0. The monoisotopic (exact) mass is 436 g/mol. The molecule has 2 aliphatic rings. The highest BCUT2D eigenvalue weighted by Gasteiger charge is 2.34. The van der Waals surface area contributed by atoms with Gasteiger partial charge in [0.15, 0.2) is 11.6 Å². The van der Waals surface area contributed by atoms with Gasteiger partial charge in [-0.2, -0.15) is 0 Å². The number of nitrogens with one attached hydrogen (secondary N) is 1. The van der Waals surface area contributed by atoms with Crippen LogP contribution in [0.4, 0.5) is 30.9 Å². The SMILES string of the molecule is CC(=O)NCC1CN(c2cc(F)c(N3CCC(n4nnnc4N)CC3)c(F)c2)C(=O)O1. The largest absolute Gasteiger partial charge is 0.442 e. The number of carbonyl (C=O) groups is 2. The van der Waals surface area contributed by atoms with Crippen LogP contribution in [0.5, 0.6) is 0 Å². The van der Waals surface area contributed by atoms with Crippen molar-refractivity contribution in [1.82, 2.24) is 25.5 Å². The lowest BCUT2D eigenvalue weighted by Gasteiger charge is -2.34. The van der Waals surface area contributed by atoms with Crippen molar-refractivity contribution in [3.63, 3.8) is 0 Å². The number of cyclic esters (lactones) is 1. The molecule has 166 valence electrons. The van der Waals surface area contributed by atoms with Crippen LogP contribution >= 0.6 is 0 Å². The van der Waals surface area contributed by atoms with E-state index < -0.39 is 23.8 Å². The molecule has 4 rings (SSSR count). The first-order valence-corrected chi connectivity index (χ1v) is 9.83. The van der Waals surface area contributed by atoms with Crippen molar-refractivity contribution >= 4 is 29.3 Å². The van der Waals surface area contributed by atoms with Crippen LogP contribution in [0.25, 0.3) is 0 Å². The number of piperidine rings is 1. The predicted octanol–water partition coefficient (Wildman–Crippen LogP) is 0.836. The third-order valence-corrected chi connectivity index (χ3v) is 5.41. The van der Waals surface area contributed by atoms with Crippen LogP contribution in [0.15, 0.2) is 12.1 Å². The summed E-state index contributed by atoms with van der Waals surface area (Å²) >= 11 is 0. The van der Waals surface area contributed by atoms with E-state index in [0.29, 0.717) is 25.9 Å². The number of hydrogen-bond acceptors (Lipinski definition) is 8. The fourth-order valence-corrected chi connectivity index (χ4v) is 3.90. The molecule has 1 aromatic carbocycles. The van der Waals surface area contributed by atoms with Crippen molar-refractivity contribution in [2.75, 3.05) is 41.7 Å². The number of benzene rings is 1. The number of ether oxygens (including phenoxy) is 1. The van der Waals surface area contributed by atoms with Gasteiger partial charge in [0.2, 0.25) is 11.9 Å². The number of halogens is 2. The van der Waals surface area contributed by atoms with Gasteiger partial charge in [-0.15, -0.1) is 0 Å². The Labute approximate surface area is 176 Å². The Balaban J connectivity index is 1.45. The van der Waals surface area contributed by atoms with Crippen LogP contribution in [0, 0.1) is 11.6 Å². The number of hydrogen-bond donors (Lipinski definition) is 2. The summed E-state index contributed by atoms with van der Waals surface area (Å²) in [7, 11) is 0. The third-order valence-electron chi connectivity index (χ3n) is 5.41. The summed E-state index contributed by atoms with van der Waals surface area (Å²) in [5.41, 5.74) is 5.64. The van der Waals surface area contributed by atoms with E-state index in [1.807, 2.05) is 0 Å². The van der Waals surface area contributed by atoms with Crippen LogP contribution in [0.1, 0.15) is 25.8 Å². The first-order valence-electron chi connectivity index (χ1n) is 9.83. The zero-order valence-corrected chi connectivity index (χ0v) is 16.8. The number of anilines is 3. The smallest absolute Gasteiger partial charge is 0.414 e. The summed E-state index contributed by atoms with van der Waals surface area (Å²) in [6.07, 6.45) is -0.181. The van der Waals surface area contributed by atoms with E-state index in [2.05, 4.69) is 20.8 Å². The van der Waals surface area contributed by atoms with E-state index in [-0.39, 0.29) is 42.4 Å². The fraction of sp³-hybridized carbons (Fsp3) is 0.500. The first kappa shape index (κ1) is 20.8. The zero-order chi connectivity index (χ0) is 22.1. The van der Waals surface area contributed by atoms with E-state index in [4.69, 9.17) is 10.5 Å². The summed E-state index contributed by atoms with van der Waals surface area (Å²) in [6.45, 7) is 2.33. The Morgan fingerprint density at radius 3 is 2.55 bits per heavy atom. The molecule has 1 unspecified atom stereocenters. The molecule has 2 amide bonds. The predicted molar refractivity (Wildman–Crippen MR) is 105 cm³/mol. The van der Waals surface area contributed by atoms with Gasteiger partial charge in [-0.05, 0) is 23.3 Å². The number of rotatable bonds is 5. The molecule has 3 heterocycles. The maximum absolute atomic E-state index is 14.9. The second-order valence-electron chi connectivity index (χ2n) is 7.51. The lowest BCUT2D eigenvalue weighted by Crippen LogP contribution is -2.36. The Hall–Kier alpha value is -3.51. The molecule has 0 bridgehead atoms. The first-order chi connectivity index (χ1) is 14.8. The minimum Gasteiger partial charge on any atom is -0.442 e. The molecule has 31 heavy (non-hydrogen) atoms. The van der Waals surface area contributed by atoms with Crippen LogP contribution in [-0.2, 0) is 9.53 Å². The zero-order valence-electron chi connectivity index (χ0n) is 16.8. The number of amides is 2. The molecule has 1 aromatic heterocycles. The number of nitrogens with two attached hydrogens (primary N) is 1. The van der Waals surface area contributed by atoms with Gasteiger partial charge in [0, 0.05) is 32.1 Å². The van der Waals surface area contributed by atoms with Crippen molar-refractivity contribution < 1.29 is 23.1 Å². The molecule has 13 heteroatoms. The molecule has 11 nitrogen and oxygen atoms in total. The minimum absolute atomic E-state index is 0.0449. The molecule has 2 aromatic rings. The Bertz CT molecular complexity index is 969. The van der Waals surface area contributed by atoms with Crippen LogP contribution in [-0.4, -0.2) is 64.5 Å². The normalized spacial score (nSPS) is 19.6. The van der Waals surface area contributed by atoms with E-state index in [1.54, 1.807) is 4.90 Å². The van der Waals surface area contributed by atoms with Crippen LogP contribution in [0.3, 0.4) is 0 Å². The summed E-state index contributed by atoms with van der Waals surface area (Å²) in [4.78, 5) is 25.9. The number of nitrogen functional groups attached to an aromatic ring is 1. The standard InChI is InChI=1S/C18H22F2N8O3/c1-10(29)22-8-13-9-27(18(30)31-13)12-6-14(19)16(15(20)7-12)26-4-2-11(3-5-26)28-17(21)23-24-25-28/h6-7,11,13H,2-5,8-9H2,1H3,(H,22,29)(H2,21,23,25). The van der Waals surface area contributed by atoms with Gasteiger partial charge < -0.3 is 20.7 Å². The number of nitrogens with zero attached hydrogens (tertiary/aromatic N) is 6. The second-order valence-corrected chi connectivity index (χ2v) is 7.51. The van der Waals surface area contributed by atoms with Crippen molar-refractivity contribution in [2.45, 2.75) is 31.9 Å². The van der Waals surface area contributed by atoms with E-state index >= 15 is 0 Å². The number of aromatic nitrogens is 4. The molecule has 2 saturated heterocycles. The van der Waals surface area contributed by atoms with Gasteiger partial charge in [0.1, 0.15) is 11.8 Å². The van der Waals surface area contributed by atoms with Crippen molar-refractivity contribution in [3.8, 4) is 0 Å². The van der Waals surface area contributed by atoms with E-state index in [1.165, 1.54) is 11.6 Å². The van der Waals surface area contributed by atoms with Gasteiger partial charge in [0.25, 0.3) is 0 Å². The highest BCUT2D eigenvalue weighted by molar-refractivity contribution is 5.90. The maximum Gasteiger partial charge on any atom is 0.414 e. The lowest BCUT2D eigenvalue weighted by molar-refractivity contribution is -0.119. The minimum atomic E-state index is -0.770. The van der Waals surface area contributed by atoms with E-state index in [0.717, 1.165) is 17.0 Å². The highest BCUT2D eigenvalue weighted by Crippen LogP contribution is 2.34. The van der Waals surface area contributed by atoms with Gasteiger partial charge >= 0.3 is 6.09 Å². The topological polar surface area (TPSA) is 132 Å². The summed E-state index contributed by atoms with van der Waals surface area (Å²) < 4.78 is 36.4. The fourth-order valence-electron chi connectivity index (χ4n) is 3.90. The molecule has 3 N–H and O–H groups in total. The third kappa shape index (κ3) is 4.20. The van der Waals surface area contributed by atoms with Gasteiger partial charge in [-0.25, -0.2) is 18.3 Å². The van der Waals surface area contributed by atoms with Crippen molar-refractivity contribution in [3.05, 3.63) is 23.8 Å². The average Bonchev–Trinajstić information content (AvgIpc) is 3.31. The molecule has 0 radical (unpaired) electrons. The molecule has 2 aliphatic heterocycles. The van der Waals surface area contributed by atoms with Gasteiger partial charge in [0.05, 0.1) is 24.8 Å². The summed E-state index contributed by atoms with van der Waals surface area (Å²) in [5, 5.41) is 13.6. The summed E-state index contributed by atoms with van der Waals surface area (Å²) in [6, 6.07) is 2.19. The summed E-state index contributed by atoms with van der Waals surface area (Å²) in [5.74, 6) is -1.60. The van der Waals surface area contributed by atoms with Gasteiger partial charge in [-0.1, -0.05) is 5.10 Å². The quantitative estimate of drug-likeness (QED) is 0.705. The molecular formula is C18H22F2N8O3. The van der Waals surface area contributed by atoms with Gasteiger partial charge in [-0.3, -0.25) is 9.69 Å². The van der Waals surface area contributed by atoms with Crippen molar-refractivity contribution in [2.24, 2.45) is 0 Å². The van der Waals surface area contributed by atoms with Crippen LogP contribution in [0.2, 0.25) is 0 Å². The van der Waals surface area contributed by atoms with E-state index in [9.17, 15) is 18.4 Å². The van der Waals surface area contributed by atoms with Crippen LogP contribution < -0.4 is 20.9 Å². The Morgan fingerprint density at radius 2 is 1.97 bits per heavy atom. The van der Waals surface area contributed by atoms with Crippen molar-refractivity contribution in [1.29, 1.82) is 0 Å². The molecule has 0 spiro atoms. The second kappa shape index (κ2) is 8.32.